The summed E-state index contributed by atoms with van der Waals surface area (Å²) in [6, 6.07) is 22.2. The number of para-hydroxylation sites is 1. The Morgan fingerprint density at radius 2 is 1.70 bits per heavy atom. The largest absolute Gasteiger partial charge is 0.487 e. The molecule has 0 aromatic heterocycles. The van der Waals surface area contributed by atoms with Gasteiger partial charge in [0.1, 0.15) is 12.4 Å². The lowest BCUT2D eigenvalue weighted by Crippen LogP contribution is -2.21. The highest BCUT2D eigenvalue weighted by Crippen LogP contribution is 2.30. The van der Waals surface area contributed by atoms with Crippen LogP contribution in [0.1, 0.15) is 18.1 Å². The highest BCUT2D eigenvalue weighted by atomic mass is 35.5. The van der Waals surface area contributed by atoms with E-state index in [1.165, 1.54) is 5.01 Å². The third-order valence-corrected chi connectivity index (χ3v) is 5.34. The van der Waals surface area contributed by atoms with Gasteiger partial charge < -0.3 is 4.74 Å². The Hall–Kier alpha value is -3.08. The molecule has 0 spiro atoms. The molecule has 150 valence electrons. The first-order chi connectivity index (χ1) is 14.5. The van der Waals surface area contributed by atoms with Crippen LogP contribution in [-0.4, -0.2) is 11.6 Å². The SMILES string of the molecule is CC1=NN(c2ccccc2)C(=O)/C1=C/c1ccc(OCc2ccccc2Cl)c(Cl)c1. The van der Waals surface area contributed by atoms with Crippen LogP contribution in [0.2, 0.25) is 10.0 Å². The molecule has 0 aliphatic carbocycles. The fourth-order valence-corrected chi connectivity index (χ4v) is 3.52. The van der Waals surface area contributed by atoms with Crippen molar-refractivity contribution < 1.29 is 9.53 Å². The van der Waals surface area contributed by atoms with Crippen LogP contribution in [0, 0.1) is 0 Å². The molecule has 30 heavy (non-hydrogen) atoms. The van der Waals surface area contributed by atoms with E-state index in [2.05, 4.69) is 5.10 Å². The van der Waals surface area contributed by atoms with Crippen molar-refractivity contribution in [1.82, 2.24) is 0 Å². The molecule has 1 aliphatic heterocycles. The predicted octanol–water partition coefficient (Wildman–Crippen LogP) is 6.38. The summed E-state index contributed by atoms with van der Waals surface area (Å²) in [4.78, 5) is 12.8. The number of benzene rings is 3. The number of rotatable bonds is 5. The van der Waals surface area contributed by atoms with Gasteiger partial charge >= 0.3 is 0 Å². The number of carbonyl (C=O) groups is 1. The average Bonchev–Trinajstić information content (AvgIpc) is 3.03. The molecule has 0 atom stereocenters. The first kappa shape index (κ1) is 20.2. The molecule has 0 saturated carbocycles. The number of anilines is 1. The topological polar surface area (TPSA) is 41.9 Å². The summed E-state index contributed by atoms with van der Waals surface area (Å²) in [5, 5.41) is 6.90. The maximum absolute atomic E-state index is 12.8. The van der Waals surface area contributed by atoms with Crippen LogP contribution in [0.15, 0.2) is 83.5 Å². The summed E-state index contributed by atoms with van der Waals surface area (Å²) in [5.74, 6) is 0.377. The second-order valence-corrected chi connectivity index (χ2v) is 7.58. The van der Waals surface area contributed by atoms with Gasteiger partial charge in [-0.15, -0.1) is 0 Å². The Morgan fingerprint density at radius 1 is 0.967 bits per heavy atom. The molecule has 0 bridgehead atoms. The molecule has 1 amide bonds. The normalized spacial score (nSPS) is 14.9. The average molecular weight is 437 g/mol. The molecule has 4 rings (SSSR count). The van der Waals surface area contributed by atoms with Crippen molar-refractivity contribution in [1.29, 1.82) is 0 Å². The van der Waals surface area contributed by atoms with Gasteiger partial charge in [0, 0.05) is 10.6 Å². The van der Waals surface area contributed by atoms with Crippen LogP contribution in [-0.2, 0) is 11.4 Å². The van der Waals surface area contributed by atoms with Crippen LogP contribution in [0.4, 0.5) is 5.69 Å². The lowest BCUT2D eigenvalue weighted by Gasteiger charge is -2.11. The molecular weight excluding hydrogens is 419 g/mol. The Labute approximate surface area is 185 Å². The van der Waals surface area contributed by atoms with Gasteiger partial charge in [0.15, 0.2) is 0 Å². The number of ether oxygens (including phenoxy) is 1. The third-order valence-electron chi connectivity index (χ3n) is 4.67. The van der Waals surface area contributed by atoms with Crippen LogP contribution in [0.3, 0.4) is 0 Å². The van der Waals surface area contributed by atoms with Gasteiger partial charge in [-0.05, 0) is 48.9 Å². The number of hydrogen-bond donors (Lipinski definition) is 0. The number of carbonyl (C=O) groups excluding carboxylic acids is 1. The maximum Gasteiger partial charge on any atom is 0.280 e. The molecule has 0 radical (unpaired) electrons. The van der Waals surface area contributed by atoms with Crippen molar-refractivity contribution in [2.75, 3.05) is 5.01 Å². The maximum atomic E-state index is 12.8. The third kappa shape index (κ3) is 4.25. The number of hydrogen-bond acceptors (Lipinski definition) is 3. The second-order valence-electron chi connectivity index (χ2n) is 6.77. The van der Waals surface area contributed by atoms with Crippen LogP contribution >= 0.6 is 23.2 Å². The van der Waals surface area contributed by atoms with Crippen molar-refractivity contribution in [3.63, 3.8) is 0 Å². The van der Waals surface area contributed by atoms with Gasteiger partial charge in [-0.1, -0.05) is 65.7 Å². The zero-order valence-corrected chi connectivity index (χ0v) is 17.7. The van der Waals surface area contributed by atoms with Crippen LogP contribution in [0.25, 0.3) is 6.08 Å². The van der Waals surface area contributed by atoms with E-state index in [0.717, 1.165) is 16.8 Å². The Balaban J connectivity index is 1.52. The molecule has 0 saturated heterocycles. The number of amides is 1. The lowest BCUT2D eigenvalue weighted by atomic mass is 10.1. The monoisotopic (exact) mass is 436 g/mol. The minimum atomic E-state index is -0.172. The molecule has 4 nitrogen and oxygen atoms in total. The van der Waals surface area contributed by atoms with Crippen molar-refractivity contribution in [3.8, 4) is 5.75 Å². The van der Waals surface area contributed by atoms with Crippen molar-refractivity contribution in [2.45, 2.75) is 13.5 Å². The fourth-order valence-electron chi connectivity index (χ4n) is 3.09. The molecule has 0 fully saturated rings. The van der Waals surface area contributed by atoms with Gasteiger partial charge in [0.2, 0.25) is 0 Å². The predicted molar refractivity (Wildman–Crippen MR) is 122 cm³/mol. The van der Waals surface area contributed by atoms with E-state index >= 15 is 0 Å². The quantitative estimate of drug-likeness (QED) is 0.435. The van der Waals surface area contributed by atoms with E-state index in [9.17, 15) is 4.79 Å². The van der Waals surface area contributed by atoms with E-state index in [4.69, 9.17) is 27.9 Å². The fraction of sp³-hybridized carbons (Fsp3) is 0.0833. The highest BCUT2D eigenvalue weighted by molar-refractivity contribution is 6.33. The minimum Gasteiger partial charge on any atom is -0.487 e. The molecule has 1 aliphatic rings. The summed E-state index contributed by atoms with van der Waals surface area (Å²) in [5.41, 5.74) is 3.58. The zero-order valence-electron chi connectivity index (χ0n) is 16.2. The first-order valence-electron chi connectivity index (χ1n) is 9.35. The van der Waals surface area contributed by atoms with E-state index in [1.54, 1.807) is 18.2 Å². The molecule has 3 aromatic rings. The van der Waals surface area contributed by atoms with Gasteiger partial charge in [0.05, 0.1) is 22.0 Å². The minimum absolute atomic E-state index is 0.172. The summed E-state index contributed by atoms with van der Waals surface area (Å²) in [6.07, 6.45) is 1.79. The summed E-state index contributed by atoms with van der Waals surface area (Å²) in [6.45, 7) is 2.13. The molecule has 0 unspecified atom stereocenters. The van der Waals surface area contributed by atoms with E-state index in [-0.39, 0.29) is 5.91 Å². The molecule has 0 N–H and O–H groups in total. The highest BCUT2D eigenvalue weighted by Gasteiger charge is 2.28. The van der Waals surface area contributed by atoms with E-state index in [1.807, 2.05) is 67.6 Å². The number of halogens is 2. The molecule has 3 aromatic carbocycles. The Kier molecular flexibility index (Phi) is 5.88. The Bertz CT molecular complexity index is 1160. The second kappa shape index (κ2) is 8.74. The molecule has 6 heteroatoms. The van der Waals surface area contributed by atoms with Gasteiger partial charge in [-0.3, -0.25) is 4.79 Å². The summed E-state index contributed by atoms with van der Waals surface area (Å²) >= 11 is 12.6. The van der Waals surface area contributed by atoms with Gasteiger partial charge in [0.25, 0.3) is 5.91 Å². The van der Waals surface area contributed by atoms with Gasteiger partial charge in [-0.2, -0.15) is 10.1 Å². The molecule has 1 heterocycles. The smallest absolute Gasteiger partial charge is 0.280 e. The summed E-state index contributed by atoms with van der Waals surface area (Å²) < 4.78 is 5.81. The van der Waals surface area contributed by atoms with Crippen molar-refractivity contribution in [2.24, 2.45) is 5.10 Å². The number of hydrazone groups is 1. The van der Waals surface area contributed by atoms with E-state index in [0.29, 0.717) is 33.7 Å². The Morgan fingerprint density at radius 3 is 2.43 bits per heavy atom. The zero-order chi connectivity index (χ0) is 21.1. The van der Waals surface area contributed by atoms with Crippen molar-refractivity contribution in [3.05, 3.63) is 99.5 Å². The number of nitrogens with zero attached hydrogens (tertiary/aromatic N) is 2. The lowest BCUT2D eigenvalue weighted by molar-refractivity contribution is -0.114. The molecular formula is C24H18Cl2N2O2. The summed E-state index contributed by atoms with van der Waals surface area (Å²) in [7, 11) is 0. The van der Waals surface area contributed by atoms with Gasteiger partial charge in [-0.25, -0.2) is 0 Å². The standard InChI is InChI=1S/C24H18Cl2N2O2/c1-16-20(24(29)28(27-16)19-8-3-2-4-9-19)13-17-11-12-23(22(26)14-17)30-15-18-7-5-6-10-21(18)25/h2-14H,15H2,1H3/b20-13+. The first-order valence-corrected chi connectivity index (χ1v) is 10.1. The van der Waals surface area contributed by atoms with Crippen LogP contribution < -0.4 is 9.75 Å². The van der Waals surface area contributed by atoms with E-state index < -0.39 is 0 Å². The van der Waals surface area contributed by atoms with Crippen molar-refractivity contribution >= 4 is 46.6 Å². The van der Waals surface area contributed by atoms with Crippen LogP contribution in [0.5, 0.6) is 5.75 Å².